The number of rotatable bonds is 7. The van der Waals surface area contributed by atoms with Crippen LogP contribution in [0, 0.1) is 0 Å². The van der Waals surface area contributed by atoms with E-state index in [1.807, 2.05) is 30.7 Å². The lowest BCUT2D eigenvalue weighted by atomic mass is 10.0. The molecule has 2 heterocycles. The molecule has 1 aromatic carbocycles. The van der Waals surface area contributed by atoms with E-state index < -0.39 is 0 Å². The molecule has 29 heavy (non-hydrogen) atoms. The van der Waals surface area contributed by atoms with Gasteiger partial charge in [0, 0.05) is 26.2 Å². The Hall–Kier alpha value is -2.74. The highest BCUT2D eigenvalue weighted by Gasteiger charge is 2.24. The molecule has 1 aliphatic rings. The third kappa shape index (κ3) is 5.00. The largest absolute Gasteiger partial charge is 0.465 e. The van der Waals surface area contributed by atoms with E-state index in [9.17, 15) is 9.59 Å². The van der Waals surface area contributed by atoms with E-state index in [0.29, 0.717) is 24.3 Å². The van der Waals surface area contributed by atoms with Crippen LogP contribution in [0.15, 0.2) is 30.5 Å². The molecule has 1 fully saturated rings. The van der Waals surface area contributed by atoms with Gasteiger partial charge in [0.25, 0.3) is 5.91 Å². The predicted octanol–water partition coefficient (Wildman–Crippen LogP) is 2.38. The molecule has 1 aromatic heterocycles. The lowest BCUT2D eigenvalue weighted by molar-refractivity contribution is 0.0600. The fraction of sp³-hybridized carbons (Fsp3) is 0.524. The molecule has 0 radical (unpaired) electrons. The SMILES string of the molecule is CCN(CC)C(=O)c1cn([C@@H]2CCCN(Cc3ccc(C(=O)OC)cc3)C2)nn1. The van der Waals surface area contributed by atoms with Gasteiger partial charge in [-0.3, -0.25) is 9.69 Å². The summed E-state index contributed by atoms with van der Waals surface area (Å²) in [5.41, 5.74) is 2.11. The third-order valence-electron chi connectivity index (χ3n) is 5.42. The predicted molar refractivity (Wildman–Crippen MR) is 109 cm³/mol. The fourth-order valence-electron chi connectivity index (χ4n) is 3.74. The zero-order valence-corrected chi connectivity index (χ0v) is 17.4. The minimum Gasteiger partial charge on any atom is -0.465 e. The van der Waals surface area contributed by atoms with Crippen LogP contribution in [0.5, 0.6) is 0 Å². The van der Waals surface area contributed by atoms with Crippen LogP contribution in [0.4, 0.5) is 0 Å². The number of methoxy groups -OCH3 is 1. The van der Waals surface area contributed by atoms with Crippen molar-refractivity contribution in [1.82, 2.24) is 24.8 Å². The number of piperidine rings is 1. The van der Waals surface area contributed by atoms with Gasteiger partial charge in [-0.05, 0) is 50.9 Å². The molecule has 1 atom stereocenters. The van der Waals surface area contributed by atoms with Gasteiger partial charge in [-0.2, -0.15) is 0 Å². The van der Waals surface area contributed by atoms with E-state index >= 15 is 0 Å². The number of hydrogen-bond acceptors (Lipinski definition) is 6. The molecule has 2 aromatic rings. The second kappa shape index (κ2) is 9.65. The van der Waals surface area contributed by atoms with Crippen molar-refractivity contribution < 1.29 is 14.3 Å². The molecule has 0 aliphatic carbocycles. The number of carbonyl (C=O) groups is 2. The zero-order chi connectivity index (χ0) is 20.8. The molecule has 156 valence electrons. The van der Waals surface area contributed by atoms with Gasteiger partial charge < -0.3 is 9.64 Å². The monoisotopic (exact) mass is 399 g/mol. The van der Waals surface area contributed by atoms with Crippen molar-refractivity contribution in [2.75, 3.05) is 33.3 Å². The number of amides is 1. The molecule has 0 spiro atoms. The van der Waals surface area contributed by atoms with Crippen molar-refractivity contribution >= 4 is 11.9 Å². The highest BCUT2D eigenvalue weighted by Crippen LogP contribution is 2.22. The van der Waals surface area contributed by atoms with Gasteiger partial charge in [-0.1, -0.05) is 17.3 Å². The summed E-state index contributed by atoms with van der Waals surface area (Å²) in [6, 6.07) is 7.72. The molecule has 8 heteroatoms. The first-order valence-electron chi connectivity index (χ1n) is 10.2. The van der Waals surface area contributed by atoms with Crippen LogP contribution in [0.2, 0.25) is 0 Å². The van der Waals surface area contributed by atoms with Crippen LogP contribution in [-0.4, -0.2) is 70.0 Å². The number of esters is 1. The first kappa shape index (κ1) is 21.0. The number of aromatic nitrogens is 3. The Kier molecular flexibility index (Phi) is 6.98. The maximum absolute atomic E-state index is 12.5. The topological polar surface area (TPSA) is 80.6 Å². The molecular weight excluding hydrogens is 370 g/mol. The zero-order valence-electron chi connectivity index (χ0n) is 17.4. The summed E-state index contributed by atoms with van der Waals surface area (Å²) in [6.45, 7) is 7.90. The Morgan fingerprint density at radius 3 is 2.59 bits per heavy atom. The molecule has 0 unspecified atom stereocenters. The number of nitrogens with zero attached hydrogens (tertiary/aromatic N) is 5. The second-order valence-corrected chi connectivity index (χ2v) is 7.28. The average molecular weight is 399 g/mol. The Labute approximate surface area is 171 Å². The summed E-state index contributed by atoms with van der Waals surface area (Å²) >= 11 is 0. The van der Waals surface area contributed by atoms with Crippen LogP contribution >= 0.6 is 0 Å². The summed E-state index contributed by atoms with van der Waals surface area (Å²) in [4.78, 5) is 28.2. The minimum absolute atomic E-state index is 0.0698. The molecule has 1 saturated heterocycles. The number of benzene rings is 1. The van der Waals surface area contributed by atoms with Gasteiger partial charge in [-0.25, -0.2) is 9.48 Å². The van der Waals surface area contributed by atoms with E-state index in [-0.39, 0.29) is 17.9 Å². The number of carbonyl (C=O) groups excluding carboxylic acids is 2. The molecule has 0 bridgehead atoms. The summed E-state index contributed by atoms with van der Waals surface area (Å²) in [5, 5.41) is 8.35. The van der Waals surface area contributed by atoms with E-state index in [1.165, 1.54) is 7.11 Å². The van der Waals surface area contributed by atoms with E-state index in [4.69, 9.17) is 4.74 Å². The quantitative estimate of drug-likeness (QED) is 0.665. The van der Waals surface area contributed by atoms with Gasteiger partial charge in [0.15, 0.2) is 5.69 Å². The summed E-state index contributed by atoms with van der Waals surface area (Å²) in [5.74, 6) is -0.393. The number of likely N-dealkylation sites (tertiary alicyclic amines) is 1. The van der Waals surface area contributed by atoms with Gasteiger partial charge in [-0.15, -0.1) is 5.10 Å². The van der Waals surface area contributed by atoms with Crippen LogP contribution < -0.4 is 0 Å². The minimum atomic E-state index is -0.323. The molecule has 0 saturated carbocycles. The standard InChI is InChI=1S/C21H29N5O3/c1-4-25(5-2)20(27)19-15-26(23-22-19)18-7-6-12-24(14-18)13-16-8-10-17(11-9-16)21(28)29-3/h8-11,15,18H,4-7,12-14H2,1-3H3/t18-/m1/s1. The summed E-state index contributed by atoms with van der Waals surface area (Å²) in [7, 11) is 1.38. The summed E-state index contributed by atoms with van der Waals surface area (Å²) in [6.07, 6.45) is 3.85. The van der Waals surface area contributed by atoms with Crippen molar-refractivity contribution in [1.29, 1.82) is 0 Å². The van der Waals surface area contributed by atoms with Gasteiger partial charge in [0.1, 0.15) is 0 Å². The van der Waals surface area contributed by atoms with E-state index in [1.54, 1.807) is 23.2 Å². The average Bonchev–Trinajstić information content (AvgIpc) is 3.25. The third-order valence-corrected chi connectivity index (χ3v) is 5.42. The highest BCUT2D eigenvalue weighted by molar-refractivity contribution is 5.91. The molecule has 1 amide bonds. The highest BCUT2D eigenvalue weighted by atomic mass is 16.5. The first-order valence-corrected chi connectivity index (χ1v) is 10.2. The smallest absolute Gasteiger partial charge is 0.337 e. The van der Waals surface area contributed by atoms with Gasteiger partial charge in [0.2, 0.25) is 0 Å². The van der Waals surface area contributed by atoms with E-state index in [0.717, 1.165) is 38.0 Å². The van der Waals surface area contributed by atoms with Crippen LogP contribution in [0.25, 0.3) is 0 Å². The van der Waals surface area contributed by atoms with Crippen molar-refractivity contribution in [2.24, 2.45) is 0 Å². The molecule has 8 nitrogen and oxygen atoms in total. The first-order chi connectivity index (χ1) is 14.0. The van der Waals surface area contributed by atoms with Crippen LogP contribution in [0.3, 0.4) is 0 Å². The lowest BCUT2D eigenvalue weighted by Gasteiger charge is -2.32. The number of hydrogen-bond donors (Lipinski definition) is 0. The Balaban J connectivity index is 1.62. The van der Waals surface area contributed by atoms with Crippen molar-refractivity contribution in [3.63, 3.8) is 0 Å². The molecule has 0 N–H and O–H groups in total. The van der Waals surface area contributed by atoms with Crippen LogP contribution in [0.1, 0.15) is 59.1 Å². The Morgan fingerprint density at radius 2 is 1.93 bits per heavy atom. The maximum Gasteiger partial charge on any atom is 0.337 e. The van der Waals surface area contributed by atoms with Gasteiger partial charge >= 0.3 is 5.97 Å². The maximum atomic E-state index is 12.5. The lowest BCUT2D eigenvalue weighted by Crippen LogP contribution is -2.36. The Bertz CT molecular complexity index is 829. The van der Waals surface area contributed by atoms with Gasteiger partial charge in [0.05, 0.1) is 24.9 Å². The van der Waals surface area contributed by atoms with Crippen molar-refractivity contribution in [3.8, 4) is 0 Å². The number of ether oxygens (including phenoxy) is 1. The van der Waals surface area contributed by atoms with E-state index in [2.05, 4.69) is 15.2 Å². The molecular formula is C21H29N5O3. The summed E-state index contributed by atoms with van der Waals surface area (Å²) < 4.78 is 6.58. The normalized spacial score (nSPS) is 17.1. The fourth-order valence-corrected chi connectivity index (χ4v) is 3.74. The second-order valence-electron chi connectivity index (χ2n) is 7.28. The molecule has 3 rings (SSSR count). The van der Waals surface area contributed by atoms with Crippen LogP contribution in [-0.2, 0) is 11.3 Å². The Morgan fingerprint density at radius 1 is 1.21 bits per heavy atom. The van der Waals surface area contributed by atoms with Crippen molar-refractivity contribution in [3.05, 3.63) is 47.3 Å². The van der Waals surface area contributed by atoms with Crippen molar-refractivity contribution in [2.45, 2.75) is 39.3 Å². The molecule has 1 aliphatic heterocycles.